The highest BCUT2D eigenvalue weighted by Crippen LogP contribution is 2.32. The zero-order valence-electron chi connectivity index (χ0n) is 17.7. The van der Waals surface area contributed by atoms with Crippen molar-refractivity contribution in [3.63, 3.8) is 0 Å². The van der Waals surface area contributed by atoms with Gasteiger partial charge in [0.2, 0.25) is 0 Å². The first-order valence-corrected chi connectivity index (χ1v) is 11.2. The molecule has 1 unspecified atom stereocenters. The normalized spacial score (nSPS) is 15.2. The molecule has 0 radical (unpaired) electrons. The summed E-state index contributed by atoms with van der Waals surface area (Å²) in [7, 11) is 1.56. The van der Waals surface area contributed by atoms with E-state index < -0.39 is 0 Å². The van der Waals surface area contributed by atoms with Gasteiger partial charge in [-0.2, -0.15) is 0 Å². The summed E-state index contributed by atoms with van der Waals surface area (Å²) >= 11 is 1.80. The first kappa shape index (κ1) is 21.1. The highest BCUT2D eigenvalue weighted by Gasteiger charge is 2.18. The minimum atomic E-state index is 0.408. The number of benzene rings is 1. The van der Waals surface area contributed by atoms with Crippen molar-refractivity contribution in [1.29, 1.82) is 0 Å². The average Bonchev–Trinajstić information content (AvgIpc) is 3.20. The van der Waals surface area contributed by atoms with Crippen molar-refractivity contribution in [3.8, 4) is 23.5 Å². The van der Waals surface area contributed by atoms with Gasteiger partial charge in [-0.1, -0.05) is 23.9 Å². The van der Waals surface area contributed by atoms with Crippen molar-refractivity contribution in [3.05, 3.63) is 77.9 Å². The molecule has 158 valence electrons. The molecule has 0 aliphatic heterocycles. The van der Waals surface area contributed by atoms with E-state index in [1.165, 1.54) is 19.3 Å². The highest BCUT2D eigenvalue weighted by molar-refractivity contribution is 7.99. The Hall–Kier alpha value is -3.17. The summed E-state index contributed by atoms with van der Waals surface area (Å²) < 4.78 is 13.1. The molecular formula is C25H25N3O2S. The van der Waals surface area contributed by atoms with Gasteiger partial charge in [-0.15, -0.1) is 0 Å². The molecule has 2 heterocycles. The molecule has 1 atom stereocenters. The van der Waals surface area contributed by atoms with E-state index in [0.29, 0.717) is 11.9 Å². The molecule has 6 heteroatoms. The number of hydrogen-bond acceptors (Lipinski definition) is 5. The van der Waals surface area contributed by atoms with Gasteiger partial charge in [-0.3, -0.25) is 9.55 Å². The van der Waals surface area contributed by atoms with Crippen LogP contribution in [0.5, 0.6) is 5.75 Å². The molecular weight excluding hydrogens is 406 g/mol. The Kier molecular flexibility index (Phi) is 6.96. The van der Waals surface area contributed by atoms with E-state index in [4.69, 9.17) is 14.5 Å². The third kappa shape index (κ3) is 5.31. The summed E-state index contributed by atoms with van der Waals surface area (Å²) in [6.45, 7) is 2.42. The van der Waals surface area contributed by atoms with Crippen LogP contribution >= 0.6 is 11.8 Å². The summed E-state index contributed by atoms with van der Waals surface area (Å²) in [5.74, 6) is 3.77. The maximum atomic E-state index is 6.11. The Morgan fingerprint density at radius 3 is 2.94 bits per heavy atom. The Bertz CT molecular complexity index is 1110. The van der Waals surface area contributed by atoms with E-state index in [1.807, 2.05) is 49.6 Å². The topological polar surface area (TPSA) is 49.2 Å². The average molecular weight is 432 g/mol. The van der Waals surface area contributed by atoms with Crippen molar-refractivity contribution in [2.75, 3.05) is 7.11 Å². The van der Waals surface area contributed by atoms with E-state index in [1.54, 1.807) is 25.1 Å². The van der Waals surface area contributed by atoms with Gasteiger partial charge in [0.25, 0.3) is 0 Å². The lowest BCUT2D eigenvalue weighted by Gasteiger charge is -2.17. The Morgan fingerprint density at radius 1 is 1.26 bits per heavy atom. The fourth-order valence-electron chi connectivity index (χ4n) is 3.46. The van der Waals surface area contributed by atoms with Crippen molar-refractivity contribution >= 4 is 11.8 Å². The number of imidazole rings is 1. The predicted octanol–water partition coefficient (Wildman–Crippen LogP) is 5.31. The van der Waals surface area contributed by atoms with Gasteiger partial charge in [-0.05, 0) is 68.0 Å². The first-order valence-electron chi connectivity index (χ1n) is 10.3. The molecule has 4 rings (SSSR count). The number of hydrogen-bond donors (Lipinski definition) is 0. The smallest absolute Gasteiger partial charge is 0.173 e. The molecule has 1 aromatic carbocycles. The Morgan fingerprint density at radius 2 is 2.19 bits per heavy atom. The minimum absolute atomic E-state index is 0.408. The van der Waals surface area contributed by atoms with Gasteiger partial charge in [0, 0.05) is 17.0 Å². The van der Waals surface area contributed by atoms with Crippen molar-refractivity contribution in [2.24, 2.45) is 0 Å². The fraction of sp³-hybridized carbons (Fsp3) is 0.280. The third-order valence-corrected chi connectivity index (χ3v) is 6.24. The maximum absolute atomic E-state index is 6.11. The third-order valence-electron chi connectivity index (χ3n) is 5.05. The van der Waals surface area contributed by atoms with E-state index in [2.05, 4.69) is 33.7 Å². The van der Waals surface area contributed by atoms with Crippen LogP contribution in [0.3, 0.4) is 0 Å². The maximum Gasteiger partial charge on any atom is 0.173 e. The van der Waals surface area contributed by atoms with Crippen molar-refractivity contribution in [1.82, 2.24) is 14.5 Å². The van der Waals surface area contributed by atoms with Crippen LogP contribution in [0, 0.1) is 19.0 Å². The number of aromatic nitrogens is 3. The quantitative estimate of drug-likeness (QED) is 0.391. The lowest BCUT2D eigenvalue weighted by atomic mass is 10.1. The van der Waals surface area contributed by atoms with E-state index >= 15 is 0 Å². The monoisotopic (exact) mass is 431 g/mol. The molecule has 1 aliphatic rings. The standard InChI is InChI=1S/C25H25N3O2S/c1-19-15-23(11-10-20(19)12-14-29-2)30-18-22-17-27-25(31-24-8-4-3-5-9-24)28(22)21-7-6-13-26-16-21/h4,6-8,10-11,13,15-17,24H,3,5,9,18H2,1-2H3. The molecule has 0 spiro atoms. The minimum Gasteiger partial charge on any atom is -0.487 e. The summed E-state index contributed by atoms with van der Waals surface area (Å²) in [4.78, 5) is 9.01. The van der Waals surface area contributed by atoms with Crippen LogP contribution in [-0.2, 0) is 11.3 Å². The number of aryl methyl sites for hydroxylation is 1. The summed E-state index contributed by atoms with van der Waals surface area (Å²) in [5, 5.41) is 1.41. The van der Waals surface area contributed by atoms with E-state index in [-0.39, 0.29) is 0 Å². The molecule has 0 bridgehead atoms. The summed E-state index contributed by atoms with van der Waals surface area (Å²) in [5.41, 5.74) is 3.94. The number of ether oxygens (including phenoxy) is 2. The van der Waals surface area contributed by atoms with Crippen LogP contribution in [-0.4, -0.2) is 26.9 Å². The lowest BCUT2D eigenvalue weighted by molar-refractivity contribution is 0.298. The number of allylic oxidation sites excluding steroid dienone is 1. The second-order valence-corrected chi connectivity index (χ2v) is 8.50. The van der Waals surface area contributed by atoms with Crippen LogP contribution in [0.2, 0.25) is 0 Å². The number of methoxy groups -OCH3 is 1. The van der Waals surface area contributed by atoms with E-state index in [0.717, 1.165) is 33.4 Å². The highest BCUT2D eigenvalue weighted by atomic mass is 32.2. The largest absolute Gasteiger partial charge is 0.487 e. The summed E-state index contributed by atoms with van der Waals surface area (Å²) in [6, 6.07) is 9.86. The van der Waals surface area contributed by atoms with Crippen molar-refractivity contribution in [2.45, 2.75) is 43.2 Å². The van der Waals surface area contributed by atoms with Crippen LogP contribution in [0.1, 0.15) is 36.1 Å². The number of rotatable bonds is 6. The van der Waals surface area contributed by atoms with Gasteiger partial charge in [0.05, 0.1) is 30.9 Å². The molecule has 0 amide bonds. The number of pyridine rings is 1. The molecule has 2 aromatic heterocycles. The Balaban J connectivity index is 1.56. The van der Waals surface area contributed by atoms with Gasteiger partial charge in [-0.25, -0.2) is 4.98 Å². The number of nitrogens with zero attached hydrogens (tertiary/aromatic N) is 3. The van der Waals surface area contributed by atoms with E-state index in [9.17, 15) is 0 Å². The zero-order valence-corrected chi connectivity index (χ0v) is 18.6. The van der Waals surface area contributed by atoms with Crippen LogP contribution in [0.15, 0.2) is 66.2 Å². The second kappa shape index (κ2) is 10.2. The van der Waals surface area contributed by atoms with Crippen LogP contribution in [0.25, 0.3) is 5.69 Å². The van der Waals surface area contributed by atoms with Crippen molar-refractivity contribution < 1.29 is 9.47 Å². The predicted molar refractivity (Wildman–Crippen MR) is 123 cm³/mol. The number of thioether (sulfide) groups is 1. The molecule has 5 nitrogen and oxygen atoms in total. The van der Waals surface area contributed by atoms with Gasteiger partial charge in [0.1, 0.15) is 18.5 Å². The zero-order chi connectivity index (χ0) is 21.5. The molecule has 0 saturated heterocycles. The lowest BCUT2D eigenvalue weighted by Crippen LogP contribution is -2.08. The molecule has 1 aliphatic carbocycles. The molecule has 0 fully saturated rings. The van der Waals surface area contributed by atoms with Gasteiger partial charge in [0.15, 0.2) is 5.16 Å². The SMILES string of the molecule is COC#Cc1ccc(OCc2cnc(SC3C=CCCC3)n2-c2cccnc2)cc1C. The summed E-state index contributed by atoms with van der Waals surface area (Å²) in [6.07, 6.45) is 16.3. The van der Waals surface area contributed by atoms with Gasteiger partial charge < -0.3 is 9.47 Å². The molecule has 0 N–H and O–H groups in total. The molecule has 0 saturated carbocycles. The van der Waals surface area contributed by atoms with Crippen LogP contribution in [0.4, 0.5) is 0 Å². The van der Waals surface area contributed by atoms with Gasteiger partial charge >= 0.3 is 0 Å². The molecule has 3 aromatic rings. The Labute approximate surface area is 187 Å². The second-order valence-electron chi connectivity index (χ2n) is 7.29. The molecule has 31 heavy (non-hydrogen) atoms. The fourth-order valence-corrected chi connectivity index (χ4v) is 4.65. The first-order chi connectivity index (χ1) is 15.2. The van der Waals surface area contributed by atoms with Crippen LogP contribution < -0.4 is 4.74 Å².